The van der Waals surface area contributed by atoms with Gasteiger partial charge in [0.05, 0.1) is 5.75 Å². The summed E-state index contributed by atoms with van der Waals surface area (Å²) in [5, 5.41) is 6.44. The molecule has 0 aliphatic carbocycles. The van der Waals surface area contributed by atoms with Gasteiger partial charge in [-0.1, -0.05) is 12.1 Å². The van der Waals surface area contributed by atoms with Gasteiger partial charge in [0.1, 0.15) is 0 Å². The molecule has 0 unspecified atom stereocenters. The minimum Gasteiger partial charge on any atom is -0.357 e. The van der Waals surface area contributed by atoms with Crippen LogP contribution in [0.4, 0.5) is 8.78 Å². The molecular formula is C18H29F2IN4O2S. The van der Waals surface area contributed by atoms with E-state index < -0.39 is 21.7 Å². The minimum atomic E-state index is -3.14. The summed E-state index contributed by atoms with van der Waals surface area (Å²) >= 11 is 0. The second kappa shape index (κ2) is 11.9. The van der Waals surface area contributed by atoms with Crippen molar-refractivity contribution in [1.82, 2.24) is 14.9 Å². The van der Waals surface area contributed by atoms with Crippen LogP contribution in [-0.4, -0.2) is 56.7 Å². The number of sulfonamides is 1. The van der Waals surface area contributed by atoms with Crippen LogP contribution >= 0.6 is 24.0 Å². The zero-order valence-electron chi connectivity index (χ0n) is 16.2. The molecule has 0 spiro atoms. The molecule has 1 aliphatic rings. The highest BCUT2D eigenvalue weighted by atomic mass is 127. The fraction of sp³-hybridized carbons (Fsp3) is 0.611. The van der Waals surface area contributed by atoms with Crippen LogP contribution in [0.2, 0.25) is 0 Å². The van der Waals surface area contributed by atoms with Gasteiger partial charge < -0.3 is 10.6 Å². The van der Waals surface area contributed by atoms with Crippen molar-refractivity contribution >= 4 is 40.0 Å². The number of guanidine groups is 1. The van der Waals surface area contributed by atoms with Crippen LogP contribution < -0.4 is 10.6 Å². The third-order valence-corrected chi connectivity index (χ3v) is 6.46. The quantitative estimate of drug-likeness (QED) is 0.323. The Balaban J connectivity index is 0.00000392. The normalized spacial score (nSPS) is 16.5. The molecule has 1 aliphatic heterocycles. The van der Waals surface area contributed by atoms with Gasteiger partial charge in [-0.15, -0.1) is 24.0 Å². The van der Waals surface area contributed by atoms with Crippen molar-refractivity contribution in [2.75, 3.05) is 31.9 Å². The Labute approximate surface area is 183 Å². The monoisotopic (exact) mass is 530 g/mol. The Kier molecular flexibility index (Phi) is 10.6. The van der Waals surface area contributed by atoms with Crippen LogP contribution in [0.15, 0.2) is 23.2 Å². The summed E-state index contributed by atoms with van der Waals surface area (Å²) in [5.41, 5.74) is 0.299. The Morgan fingerprint density at radius 3 is 2.54 bits per heavy atom. The lowest BCUT2D eigenvalue weighted by Gasteiger charge is -2.32. The number of benzene rings is 1. The summed E-state index contributed by atoms with van der Waals surface area (Å²) < 4.78 is 52.3. The largest absolute Gasteiger partial charge is 0.357 e. The molecule has 2 N–H and O–H groups in total. The third-order valence-electron chi connectivity index (χ3n) is 4.58. The predicted molar refractivity (Wildman–Crippen MR) is 119 cm³/mol. The summed E-state index contributed by atoms with van der Waals surface area (Å²) in [6.07, 6.45) is 1.69. The van der Waals surface area contributed by atoms with Gasteiger partial charge in [-0.05, 0) is 44.7 Å². The van der Waals surface area contributed by atoms with Gasteiger partial charge in [-0.3, -0.25) is 4.99 Å². The fourth-order valence-corrected chi connectivity index (χ4v) is 4.14. The van der Waals surface area contributed by atoms with Crippen LogP contribution in [0.25, 0.3) is 0 Å². The molecule has 1 aromatic carbocycles. The van der Waals surface area contributed by atoms with E-state index in [1.54, 1.807) is 13.0 Å². The fourth-order valence-electron chi connectivity index (χ4n) is 3.00. The van der Waals surface area contributed by atoms with E-state index in [1.165, 1.54) is 10.4 Å². The molecule has 1 saturated heterocycles. The molecular weight excluding hydrogens is 501 g/mol. The molecule has 1 fully saturated rings. The SMILES string of the molecule is CCNC(=NCCc1cccc(F)c1F)NC1CCN(S(=O)(=O)CC)CC1.I. The lowest BCUT2D eigenvalue weighted by Crippen LogP contribution is -2.50. The van der Waals surface area contributed by atoms with Crippen molar-refractivity contribution < 1.29 is 17.2 Å². The molecule has 160 valence electrons. The van der Waals surface area contributed by atoms with E-state index in [0.717, 1.165) is 6.07 Å². The minimum absolute atomic E-state index is 0. The van der Waals surface area contributed by atoms with Gasteiger partial charge in [-0.25, -0.2) is 21.5 Å². The molecule has 0 amide bonds. The summed E-state index contributed by atoms with van der Waals surface area (Å²) in [4.78, 5) is 4.43. The van der Waals surface area contributed by atoms with Crippen molar-refractivity contribution in [2.24, 2.45) is 4.99 Å². The van der Waals surface area contributed by atoms with Crippen LogP contribution in [0.1, 0.15) is 32.3 Å². The summed E-state index contributed by atoms with van der Waals surface area (Å²) in [6, 6.07) is 4.26. The first-order chi connectivity index (χ1) is 12.9. The van der Waals surface area contributed by atoms with Crippen molar-refractivity contribution in [1.29, 1.82) is 0 Å². The van der Waals surface area contributed by atoms with E-state index in [4.69, 9.17) is 0 Å². The van der Waals surface area contributed by atoms with Crippen molar-refractivity contribution in [3.63, 3.8) is 0 Å². The van der Waals surface area contributed by atoms with Gasteiger partial charge in [-0.2, -0.15) is 0 Å². The first kappa shape index (κ1) is 25.0. The molecule has 0 atom stereocenters. The Morgan fingerprint density at radius 1 is 1.25 bits per heavy atom. The molecule has 6 nitrogen and oxygen atoms in total. The number of hydrogen-bond donors (Lipinski definition) is 2. The number of rotatable bonds is 7. The molecule has 0 saturated carbocycles. The van der Waals surface area contributed by atoms with Gasteiger partial charge in [0.25, 0.3) is 0 Å². The van der Waals surface area contributed by atoms with Gasteiger partial charge in [0.15, 0.2) is 17.6 Å². The summed E-state index contributed by atoms with van der Waals surface area (Å²) in [6.45, 7) is 5.56. The third kappa shape index (κ3) is 7.11. The highest BCUT2D eigenvalue weighted by Gasteiger charge is 2.26. The number of halogens is 3. The molecule has 2 rings (SSSR count). The standard InChI is InChI=1S/C18H28F2N4O2S.HI/c1-3-21-18(22-11-8-14-6-5-7-16(19)17(14)20)23-15-9-12-24(13-10-15)27(25,26)4-2;/h5-7,15H,3-4,8-13H2,1-2H3,(H2,21,22,23);1H. The summed E-state index contributed by atoms with van der Waals surface area (Å²) in [5.74, 6) is -0.956. The second-order valence-electron chi connectivity index (χ2n) is 6.44. The van der Waals surface area contributed by atoms with Crippen LogP contribution in [0, 0.1) is 11.6 Å². The predicted octanol–water partition coefficient (Wildman–Crippen LogP) is 2.49. The lowest BCUT2D eigenvalue weighted by atomic mass is 10.1. The number of piperidine rings is 1. The van der Waals surface area contributed by atoms with Gasteiger partial charge in [0.2, 0.25) is 10.0 Å². The van der Waals surface area contributed by atoms with Crippen molar-refractivity contribution in [3.05, 3.63) is 35.4 Å². The highest BCUT2D eigenvalue weighted by Crippen LogP contribution is 2.15. The molecule has 1 aromatic rings. The zero-order valence-corrected chi connectivity index (χ0v) is 19.4. The Bertz CT molecular complexity index is 754. The van der Waals surface area contributed by atoms with E-state index >= 15 is 0 Å². The van der Waals surface area contributed by atoms with Gasteiger partial charge in [0, 0.05) is 32.2 Å². The smallest absolute Gasteiger partial charge is 0.213 e. The highest BCUT2D eigenvalue weighted by molar-refractivity contribution is 14.0. The molecule has 28 heavy (non-hydrogen) atoms. The number of nitrogens with zero attached hydrogens (tertiary/aromatic N) is 2. The lowest BCUT2D eigenvalue weighted by molar-refractivity contribution is 0.306. The first-order valence-corrected chi connectivity index (χ1v) is 10.9. The Morgan fingerprint density at radius 2 is 1.93 bits per heavy atom. The van der Waals surface area contributed by atoms with E-state index in [2.05, 4.69) is 15.6 Å². The molecule has 0 radical (unpaired) electrons. The number of hydrogen-bond acceptors (Lipinski definition) is 3. The maximum atomic E-state index is 13.7. The molecule has 0 aromatic heterocycles. The second-order valence-corrected chi connectivity index (χ2v) is 8.70. The first-order valence-electron chi connectivity index (χ1n) is 9.33. The van der Waals surface area contributed by atoms with Gasteiger partial charge >= 0.3 is 0 Å². The van der Waals surface area contributed by atoms with Crippen LogP contribution in [-0.2, 0) is 16.4 Å². The average molecular weight is 530 g/mol. The zero-order chi connectivity index (χ0) is 19.9. The number of aliphatic imine (C=N–C) groups is 1. The molecule has 0 bridgehead atoms. The topological polar surface area (TPSA) is 73.8 Å². The van der Waals surface area contributed by atoms with E-state index in [9.17, 15) is 17.2 Å². The maximum absolute atomic E-state index is 13.7. The summed E-state index contributed by atoms with van der Waals surface area (Å²) in [7, 11) is -3.14. The molecule has 1 heterocycles. The number of nitrogens with one attached hydrogen (secondary N) is 2. The van der Waals surface area contributed by atoms with Crippen molar-refractivity contribution in [3.8, 4) is 0 Å². The maximum Gasteiger partial charge on any atom is 0.213 e. The van der Waals surface area contributed by atoms with E-state index in [1.807, 2.05) is 6.92 Å². The van der Waals surface area contributed by atoms with Crippen LogP contribution in [0.5, 0.6) is 0 Å². The van der Waals surface area contributed by atoms with Crippen molar-refractivity contribution in [2.45, 2.75) is 39.2 Å². The molecule has 10 heteroatoms. The van der Waals surface area contributed by atoms with E-state index in [0.29, 0.717) is 57.0 Å². The van der Waals surface area contributed by atoms with Crippen LogP contribution in [0.3, 0.4) is 0 Å². The van der Waals surface area contributed by atoms with E-state index in [-0.39, 0.29) is 35.8 Å². The Hall–Kier alpha value is -1.01. The average Bonchev–Trinajstić information content (AvgIpc) is 2.66.